The molecule has 3 N–H and O–H groups in total. The van der Waals surface area contributed by atoms with Crippen LogP contribution in [0.3, 0.4) is 0 Å². The average molecular weight is 270 g/mol. The molecular formula is C14H26N2O3. The molecule has 1 amide bonds. The van der Waals surface area contributed by atoms with Crippen molar-refractivity contribution in [1.82, 2.24) is 5.32 Å². The van der Waals surface area contributed by atoms with Crippen LogP contribution in [0.15, 0.2) is 0 Å². The lowest BCUT2D eigenvalue weighted by molar-refractivity contribution is -0.150. The Kier molecular flexibility index (Phi) is 6.84. The van der Waals surface area contributed by atoms with Gasteiger partial charge in [-0.05, 0) is 32.2 Å². The zero-order chi connectivity index (χ0) is 14.1. The van der Waals surface area contributed by atoms with Crippen molar-refractivity contribution in [3.05, 3.63) is 0 Å². The molecule has 110 valence electrons. The van der Waals surface area contributed by atoms with Crippen molar-refractivity contribution in [2.24, 2.45) is 5.73 Å². The number of esters is 1. The van der Waals surface area contributed by atoms with E-state index in [9.17, 15) is 9.59 Å². The Labute approximate surface area is 115 Å². The van der Waals surface area contributed by atoms with Crippen LogP contribution in [0.4, 0.5) is 0 Å². The summed E-state index contributed by atoms with van der Waals surface area (Å²) in [5, 5.41) is 2.90. The van der Waals surface area contributed by atoms with Crippen LogP contribution in [-0.4, -0.2) is 31.1 Å². The third kappa shape index (κ3) is 4.82. The molecule has 1 aliphatic carbocycles. The Bertz CT molecular complexity index is 299. The second-order valence-electron chi connectivity index (χ2n) is 5.28. The number of rotatable bonds is 8. The fourth-order valence-corrected chi connectivity index (χ4v) is 2.67. The molecule has 0 atom stereocenters. The van der Waals surface area contributed by atoms with Gasteiger partial charge < -0.3 is 15.8 Å². The molecule has 5 heteroatoms. The van der Waals surface area contributed by atoms with Gasteiger partial charge in [0, 0.05) is 6.42 Å². The summed E-state index contributed by atoms with van der Waals surface area (Å²) in [6, 6.07) is 0. The molecule has 0 aromatic heterocycles. The lowest BCUT2D eigenvalue weighted by Gasteiger charge is -2.27. The maximum absolute atomic E-state index is 11.9. The van der Waals surface area contributed by atoms with Crippen molar-refractivity contribution >= 4 is 11.9 Å². The first-order valence-electron chi connectivity index (χ1n) is 7.24. The van der Waals surface area contributed by atoms with Crippen molar-refractivity contribution in [1.29, 1.82) is 0 Å². The maximum Gasteiger partial charge on any atom is 0.331 e. The minimum atomic E-state index is -0.761. The predicted molar refractivity (Wildman–Crippen MR) is 73.5 cm³/mol. The first-order valence-corrected chi connectivity index (χ1v) is 7.24. The van der Waals surface area contributed by atoms with Gasteiger partial charge in [0.05, 0.1) is 7.11 Å². The quantitative estimate of drug-likeness (QED) is 0.517. The number of amides is 1. The highest BCUT2D eigenvalue weighted by molar-refractivity contribution is 5.88. The Morgan fingerprint density at radius 3 is 2.37 bits per heavy atom. The molecule has 0 aromatic carbocycles. The summed E-state index contributed by atoms with van der Waals surface area (Å²) in [6.07, 6.45) is 7.72. The molecule has 19 heavy (non-hydrogen) atoms. The zero-order valence-corrected chi connectivity index (χ0v) is 11.9. The van der Waals surface area contributed by atoms with Crippen molar-refractivity contribution < 1.29 is 14.3 Å². The fourth-order valence-electron chi connectivity index (χ4n) is 2.67. The third-order valence-electron chi connectivity index (χ3n) is 3.77. The van der Waals surface area contributed by atoms with Crippen molar-refractivity contribution in [2.45, 2.75) is 63.3 Å². The maximum atomic E-state index is 11.9. The molecule has 1 saturated carbocycles. The van der Waals surface area contributed by atoms with Gasteiger partial charge in [-0.2, -0.15) is 0 Å². The van der Waals surface area contributed by atoms with Crippen LogP contribution >= 0.6 is 0 Å². The molecule has 1 aliphatic rings. The highest BCUT2D eigenvalue weighted by Crippen LogP contribution is 2.30. The molecular weight excluding hydrogens is 244 g/mol. The van der Waals surface area contributed by atoms with Crippen molar-refractivity contribution in [3.8, 4) is 0 Å². The van der Waals surface area contributed by atoms with E-state index in [-0.39, 0.29) is 11.9 Å². The number of nitrogens with two attached hydrogens (primary N) is 1. The highest BCUT2D eigenvalue weighted by Gasteiger charge is 2.43. The van der Waals surface area contributed by atoms with E-state index in [0.29, 0.717) is 25.8 Å². The van der Waals surface area contributed by atoms with Gasteiger partial charge >= 0.3 is 5.97 Å². The van der Waals surface area contributed by atoms with E-state index in [1.807, 2.05) is 0 Å². The molecule has 1 rings (SSSR count). The van der Waals surface area contributed by atoms with Gasteiger partial charge in [-0.3, -0.25) is 4.79 Å². The van der Waals surface area contributed by atoms with Crippen LogP contribution in [0.5, 0.6) is 0 Å². The van der Waals surface area contributed by atoms with E-state index >= 15 is 0 Å². The van der Waals surface area contributed by atoms with E-state index in [0.717, 1.165) is 38.5 Å². The predicted octanol–water partition coefficient (Wildman–Crippen LogP) is 1.50. The van der Waals surface area contributed by atoms with E-state index in [1.165, 1.54) is 7.11 Å². The molecule has 0 spiro atoms. The minimum absolute atomic E-state index is 0.0416. The summed E-state index contributed by atoms with van der Waals surface area (Å²) in [4.78, 5) is 23.7. The van der Waals surface area contributed by atoms with Gasteiger partial charge in [0.15, 0.2) is 0 Å². The number of nitrogens with one attached hydrogen (secondary N) is 1. The molecule has 0 aliphatic heterocycles. The van der Waals surface area contributed by atoms with Gasteiger partial charge in [-0.15, -0.1) is 0 Å². The van der Waals surface area contributed by atoms with Gasteiger partial charge in [-0.25, -0.2) is 4.79 Å². The Balaban J connectivity index is 2.34. The summed E-state index contributed by atoms with van der Waals surface area (Å²) >= 11 is 0. The lowest BCUT2D eigenvalue weighted by atomic mass is 9.97. The van der Waals surface area contributed by atoms with Crippen LogP contribution in [0.1, 0.15) is 57.8 Å². The normalized spacial score (nSPS) is 17.2. The SMILES string of the molecule is COC(=O)C1(NC(=O)CCCCCCN)CCCC1. The van der Waals surface area contributed by atoms with E-state index in [1.54, 1.807) is 0 Å². The van der Waals surface area contributed by atoms with Gasteiger partial charge in [0.2, 0.25) is 5.91 Å². The Hall–Kier alpha value is -1.10. The number of unbranched alkanes of at least 4 members (excludes halogenated alkanes) is 3. The third-order valence-corrected chi connectivity index (χ3v) is 3.77. The fraction of sp³-hybridized carbons (Fsp3) is 0.857. The Morgan fingerprint density at radius 1 is 1.16 bits per heavy atom. The molecule has 0 radical (unpaired) electrons. The van der Waals surface area contributed by atoms with Crippen LogP contribution in [0, 0.1) is 0 Å². The largest absolute Gasteiger partial charge is 0.467 e. The second kappa shape index (κ2) is 8.15. The Morgan fingerprint density at radius 2 is 1.79 bits per heavy atom. The molecule has 0 unspecified atom stereocenters. The van der Waals surface area contributed by atoms with Crippen LogP contribution < -0.4 is 11.1 Å². The van der Waals surface area contributed by atoms with E-state index in [2.05, 4.69) is 5.32 Å². The number of hydrogen-bond donors (Lipinski definition) is 2. The number of carbonyl (C=O) groups is 2. The second-order valence-corrected chi connectivity index (χ2v) is 5.28. The summed E-state index contributed by atoms with van der Waals surface area (Å²) < 4.78 is 4.83. The first kappa shape index (κ1) is 16.0. The van der Waals surface area contributed by atoms with Crippen LogP contribution in [0.25, 0.3) is 0 Å². The van der Waals surface area contributed by atoms with Crippen molar-refractivity contribution in [2.75, 3.05) is 13.7 Å². The first-order chi connectivity index (χ1) is 9.14. The van der Waals surface area contributed by atoms with Crippen LogP contribution in [0.2, 0.25) is 0 Å². The van der Waals surface area contributed by atoms with Gasteiger partial charge in [0.25, 0.3) is 0 Å². The molecule has 0 bridgehead atoms. The smallest absolute Gasteiger partial charge is 0.331 e. The number of ether oxygens (including phenoxy) is 1. The van der Waals surface area contributed by atoms with Crippen molar-refractivity contribution in [3.63, 3.8) is 0 Å². The molecule has 0 saturated heterocycles. The number of carbonyl (C=O) groups excluding carboxylic acids is 2. The van der Waals surface area contributed by atoms with Gasteiger partial charge in [-0.1, -0.05) is 25.7 Å². The average Bonchev–Trinajstić information content (AvgIpc) is 2.87. The summed E-state index contributed by atoms with van der Waals surface area (Å²) in [5.74, 6) is -0.346. The highest BCUT2D eigenvalue weighted by atomic mass is 16.5. The van der Waals surface area contributed by atoms with Gasteiger partial charge in [0.1, 0.15) is 5.54 Å². The monoisotopic (exact) mass is 270 g/mol. The number of hydrogen-bond acceptors (Lipinski definition) is 4. The number of methoxy groups -OCH3 is 1. The molecule has 0 heterocycles. The van der Waals surface area contributed by atoms with Crippen LogP contribution in [-0.2, 0) is 14.3 Å². The lowest BCUT2D eigenvalue weighted by Crippen LogP contribution is -2.53. The standard InChI is InChI=1S/C14H26N2O3/c1-19-13(18)14(9-5-6-10-14)16-12(17)8-4-2-3-7-11-15/h2-11,15H2,1H3,(H,16,17). The molecule has 5 nitrogen and oxygen atoms in total. The van der Waals surface area contributed by atoms with E-state index in [4.69, 9.17) is 10.5 Å². The zero-order valence-electron chi connectivity index (χ0n) is 11.9. The topological polar surface area (TPSA) is 81.4 Å². The molecule has 0 aromatic rings. The molecule has 1 fully saturated rings. The van der Waals surface area contributed by atoms with E-state index < -0.39 is 5.54 Å². The summed E-state index contributed by atoms with van der Waals surface area (Å²) in [6.45, 7) is 0.706. The minimum Gasteiger partial charge on any atom is -0.467 e. The summed E-state index contributed by atoms with van der Waals surface area (Å²) in [5.41, 5.74) is 4.65. The summed E-state index contributed by atoms with van der Waals surface area (Å²) in [7, 11) is 1.38.